The summed E-state index contributed by atoms with van der Waals surface area (Å²) in [5.74, 6) is 0.383. The average molecular weight is 341 g/mol. The predicted octanol–water partition coefficient (Wildman–Crippen LogP) is 1.17. The third-order valence-electron chi connectivity index (χ3n) is 4.54. The molecule has 0 bridgehead atoms. The Morgan fingerprint density at radius 1 is 1.40 bits per heavy atom. The van der Waals surface area contributed by atoms with Crippen molar-refractivity contribution in [3.8, 4) is 0 Å². The summed E-state index contributed by atoms with van der Waals surface area (Å²) in [4.78, 5) is 26.5. The zero-order valence-corrected chi connectivity index (χ0v) is 14.1. The number of aromatic nitrogens is 5. The number of nitrogens with two attached hydrogens (primary N) is 1. The number of carbonyl (C=O) groups excluding carboxylic acids is 1. The van der Waals surface area contributed by atoms with E-state index in [1.165, 1.54) is 0 Å². The number of imidazole rings is 1. The molecule has 9 heteroatoms. The second kappa shape index (κ2) is 5.92. The van der Waals surface area contributed by atoms with E-state index in [1.54, 1.807) is 0 Å². The lowest BCUT2D eigenvalue weighted by Crippen LogP contribution is -2.24. The SMILES string of the molecule is Cc1cc(C)n2c(CN3CCC[C@@H]3c3nc(C(N)=O)no3)cnc2n1. The molecule has 9 nitrogen and oxygen atoms in total. The Hall–Kier alpha value is -2.81. The van der Waals surface area contributed by atoms with Crippen LogP contribution >= 0.6 is 0 Å². The molecular weight excluding hydrogens is 322 g/mol. The van der Waals surface area contributed by atoms with E-state index in [1.807, 2.05) is 26.1 Å². The van der Waals surface area contributed by atoms with E-state index in [9.17, 15) is 4.79 Å². The number of fused-ring (bicyclic) bond motifs is 1. The normalized spacial score (nSPS) is 18.2. The lowest BCUT2D eigenvalue weighted by molar-refractivity contribution is 0.0987. The van der Waals surface area contributed by atoms with Crippen molar-refractivity contribution in [2.24, 2.45) is 5.73 Å². The number of aryl methyl sites for hydroxylation is 2. The van der Waals surface area contributed by atoms with Gasteiger partial charge in [-0.25, -0.2) is 9.97 Å². The van der Waals surface area contributed by atoms with Crippen LogP contribution in [-0.2, 0) is 6.54 Å². The molecule has 130 valence electrons. The van der Waals surface area contributed by atoms with Crippen LogP contribution in [0.25, 0.3) is 5.78 Å². The van der Waals surface area contributed by atoms with Crippen LogP contribution in [0.5, 0.6) is 0 Å². The molecule has 25 heavy (non-hydrogen) atoms. The van der Waals surface area contributed by atoms with Gasteiger partial charge in [0.05, 0.1) is 17.9 Å². The highest BCUT2D eigenvalue weighted by atomic mass is 16.5. The van der Waals surface area contributed by atoms with Crippen molar-refractivity contribution in [1.82, 2.24) is 29.4 Å². The number of primary amides is 1. The molecule has 0 saturated carbocycles. The van der Waals surface area contributed by atoms with Crippen molar-refractivity contribution in [3.05, 3.63) is 41.1 Å². The van der Waals surface area contributed by atoms with Crippen LogP contribution in [-0.4, -0.2) is 41.9 Å². The minimum atomic E-state index is -0.682. The van der Waals surface area contributed by atoms with Crippen molar-refractivity contribution < 1.29 is 9.32 Å². The fraction of sp³-hybridized carbons (Fsp3) is 0.438. The molecule has 2 N–H and O–H groups in total. The fourth-order valence-electron chi connectivity index (χ4n) is 3.48. The maximum atomic E-state index is 11.2. The molecule has 0 aromatic carbocycles. The Balaban J connectivity index is 1.62. The molecule has 1 amide bonds. The van der Waals surface area contributed by atoms with Gasteiger partial charge in [-0.1, -0.05) is 5.16 Å². The number of nitrogens with zero attached hydrogens (tertiary/aromatic N) is 6. The van der Waals surface area contributed by atoms with Gasteiger partial charge in [-0.15, -0.1) is 0 Å². The number of carbonyl (C=O) groups is 1. The molecule has 4 rings (SSSR count). The van der Waals surface area contributed by atoms with Crippen LogP contribution in [0.15, 0.2) is 16.8 Å². The summed E-state index contributed by atoms with van der Waals surface area (Å²) in [5, 5.41) is 3.65. The van der Waals surface area contributed by atoms with E-state index in [4.69, 9.17) is 10.3 Å². The Morgan fingerprint density at radius 3 is 3.00 bits per heavy atom. The maximum Gasteiger partial charge on any atom is 0.290 e. The molecule has 1 atom stereocenters. The number of hydrogen-bond acceptors (Lipinski definition) is 7. The van der Waals surface area contributed by atoms with Gasteiger partial charge in [0.1, 0.15) is 0 Å². The smallest absolute Gasteiger partial charge is 0.290 e. The summed E-state index contributed by atoms with van der Waals surface area (Å²) >= 11 is 0. The summed E-state index contributed by atoms with van der Waals surface area (Å²) in [6.45, 7) is 5.60. The summed E-state index contributed by atoms with van der Waals surface area (Å²) in [6, 6.07) is 2.02. The zero-order valence-electron chi connectivity index (χ0n) is 14.1. The minimum Gasteiger partial charge on any atom is -0.363 e. The topological polar surface area (TPSA) is 115 Å². The average Bonchev–Trinajstić information content (AvgIpc) is 3.26. The van der Waals surface area contributed by atoms with E-state index in [0.717, 1.165) is 36.5 Å². The van der Waals surface area contributed by atoms with Gasteiger partial charge in [0.25, 0.3) is 11.7 Å². The van der Waals surface area contributed by atoms with Crippen LogP contribution in [0.1, 0.15) is 52.5 Å². The standard InChI is InChI=1S/C16H19N7O2/c1-9-6-10(2)23-11(7-18-16(23)19-9)8-22-5-3-4-12(22)15-20-14(13(17)24)21-25-15/h6-7,12H,3-5,8H2,1-2H3,(H2,17,24)/t12-/m1/s1. The van der Waals surface area contributed by atoms with Gasteiger partial charge in [-0.05, 0) is 39.3 Å². The van der Waals surface area contributed by atoms with E-state index in [2.05, 4.69) is 29.4 Å². The lowest BCUT2D eigenvalue weighted by Gasteiger charge is -2.21. The van der Waals surface area contributed by atoms with Crippen LogP contribution in [0.3, 0.4) is 0 Å². The van der Waals surface area contributed by atoms with Crippen LogP contribution in [0.4, 0.5) is 0 Å². The zero-order chi connectivity index (χ0) is 17.6. The van der Waals surface area contributed by atoms with Crippen molar-refractivity contribution in [3.63, 3.8) is 0 Å². The van der Waals surface area contributed by atoms with Gasteiger partial charge in [0.15, 0.2) is 0 Å². The molecule has 0 radical (unpaired) electrons. The quantitative estimate of drug-likeness (QED) is 0.757. The van der Waals surface area contributed by atoms with Crippen molar-refractivity contribution in [2.45, 2.75) is 39.3 Å². The molecule has 1 aliphatic heterocycles. The van der Waals surface area contributed by atoms with E-state index < -0.39 is 5.91 Å². The van der Waals surface area contributed by atoms with Gasteiger partial charge < -0.3 is 10.3 Å². The minimum absolute atomic E-state index is 0.0233. The molecule has 1 aliphatic rings. The molecule has 0 unspecified atom stereocenters. The van der Waals surface area contributed by atoms with Gasteiger partial charge in [-0.3, -0.25) is 14.1 Å². The summed E-state index contributed by atoms with van der Waals surface area (Å²) < 4.78 is 7.31. The highest BCUT2D eigenvalue weighted by Crippen LogP contribution is 2.32. The van der Waals surface area contributed by atoms with Crippen molar-refractivity contribution >= 4 is 11.7 Å². The molecule has 0 aliphatic carbocycles. The Labute approximate surface area is 143 Å². The molecule has 1 saturated heterocycles. The first-order valence-corrected chi connectivity index (χ1v) is 8.21. The molecule has 3 aromatic heterocycles. The molecule has 4 heterocycles. The number of hydrogen-bond donors (Lipinski definition) is 1. The summed E-state index contributed by atoms with van der Waals surface area (Å²) in [6.07, 6.45) is 3.77. The Morgan fingerprint density at radius 2 is 2.24 bits per heavy atom. The van der Waals surface area contributed by atoms with Gasteiger partial charge in [0, 0.05) is 17.9 Å². The Kier molecular flexibility index (Phi) is 3.72. The van der Waals surface area contributed by atoms with E-state index >= 15 is 0 Å². The Bertz CT molecular complexity index is 945. The number of likely N-dealkylation sites (tertiary alicyclic amines) is 1. The van der Waals surface area contributed by atoms with Crippen LogP contribution in [0, 0.1) is 13.8 Å². The second-order valence-electron chi connectivity index (χ2n) is 6.37. The third kappa shape index (κ3) is 2.76. The molecule has 3 aromatic rings. The van der Waals surface area contributed by atoms with Crippen molar-refractivity contribution in [1.29, 1.82) is 0 Å². The first-order valence-electron chi connectivity index (χ1n) is 8.21. The molecule has 1 fully saturated rings. The third-order valence-corrected chi connectivity index (χ3v) is 4.54. The highest BCUT2D eigenvalue weighted by Gasteiger charge is 2.32. The maximum absolute atomic E-state index is 11.2. The van der Waals surface area contributed by atoms with Gasteiger partial charge in [-0.2, -0.15) is 4.98 Å². The first-order chi connectivity index (χ1) is 12.0. The van der Waals surface area contributed by atoms with Crippen molar-refractivity contribution in [2.75, 3.05) is 6.54 Å². The predicted molar refractivity (Wildman–Crippen MR) is 87.7 cm³/mol. The first kappa shape index (κ1) is 15.7. The van der Waals surface area contributed by atoms with Crippen LogP contribution in [0.2, 0.25) is 0 Å². The second-order valence-corrected chi connectivity index (χ2v) is 6.37. The lowest BCUT2D eigenvalue weighted by atomic mass is 10.2. The fourth-order valence-corrected chi connectivity index (χ4v) is 3.48. The van der Waals surface area contributed by atoms with E-state index in [0.29, 0.717) is 18.2 Å². The van der Waals surface area contributed by atoms with E-state index in [-0.39, 0.29) is 11.9 Å². The summed E-state index contributed by atoms with van der Waals surface area (Å²) in [7, 11) is 0. The summed E-state index contributed by atoms with van der Waals surface area (Å²) in [5.41, 5.74) is 8.31. The van der Waals surface area contributed by atoms with Gasteiger partial charge >= 0.3 is 0 Å². The highest BCUT2D eigenvalue weighted by molar-refractivity contribution is 5.88. The largest absolute Gasteiger partial charge is 0.363 e. The van der Waals surface area contributed by atoms with Crippen LogP contribution < -0.4 is 5.73 Å². The number of amides is 1. The monoisotopic (exact) mass is 341 g/mol. The number of rotatable bonds is 4. The van der Waals surface area contributed by atoms with Gasteiger partial charge in [0.2, 0.25) is 11.7 Å². The molecule has 0 spiro atoms. The molecular formula is C16H19N7O2.